The van der Waals surface area contributed by atoms with Gasteiger partial charge in [-0.05, 0) is 85.3 Å². The maximum atomic E-state index is 13.6. The topological polar surface area (TPSA) is 49.4 Å². The average Bonchev–Trinajstić information content (AvgIpc) is 3.05. The van der Waals surface area contributed by atoms with Crippen LogP contribution in [-0.4, -0.2) is 11.8 Å². The molecule has 1 N–H and O–H groups in total. The van der Waals surface area contributed by atoms with Crippen LogP contribution in [0.4, 0.5) is 15.8 Å². The summed E-state index contributed by atoms with van der Waals surface area (Å²) in [5.74, 6) is -1.18. The average molecular weight is 443 g/mol. The predicted octanol–water partition coefficient (Wildman–Crippen LogP) is 6.18. The standard InChI is InChI=1S/C28H27FN2O2/c1-4-5-6-20-8-15-24(16-9-20)31-27(32)25(21-10-7-18(2)19(3)17-21)26(28(31)33)30-23-13-11-22(29)12-14-23/h7-17,30H,4-6H2,1-3H3. The first-order valence-corrected chi connectivity index (χ1v) is 11.2. The van der Waals surface area contributed by atoms with Gasteiger partial charge >= 0.3 is 0 Å². The largest absolute Gasteiger partial charge is 0.350 e. The molecule has 0 radical (unpaired) electrons. The van der Waals surface area contributed by atoms with E-state index in [4.69, 9.17) is 0 Å². The maximum Gasteiger partial charge on any atom is 0.282 e. The molecule has 168 valence electrons. The van der Waals surface area contributed by atoms with E-state index in [1.807, 2.05) is 56.3 Å². The molecule has 4 nitrogen and oxygen atoms in total. The van der Waals surface area contributed by atoms with E-state index in [-0.39, 0.29) is 17.4 Å². The smallest absolute Gasteiger partial charge is 0.282 e. The minimum absolute atomic E-state index is 0.185. The Bertz CT molecular complexity index is 1230. The van der Waals surface area contributed by atoms with Gasteiger partial charge < -0.3 is 5.32 Å². The van der Waals surface area contributed by atoms with Crippen molar-refractivity contribution < 1.29 is 14.0 Å². The van der Waals surface area contributed by atoms with E-state index in [2.05, 4.69) is 12.2 Å². The molecule has 1 aliphatic heterocycles. The number of carbonyl (C=O) groups is 2. The number of benzene rings is 3. The highest BCUT2D eigenvalue weighted by Gasteiger charge is 2.40. The molecule has 3 aromatic rings. The van der Waals surface area contributed by atoms with Gasteiger partial charge in [0.05, 0.1) is 11.3 Å². The zero-order chi connectivity index (χ0) is 23.5. The molecule has 0 fully saturated rings. The molecular formula is C28H27FN2O2. The number of hydrogen-bond donors (Lipinski definition) is 1. The summed E-state index contributed by atoms with van der Waals surface area (Å²) < 4.78 is 13.4. The molecule has 0 unspecified atom stereocenters. The fourth-order valence-electron chi connectivity index (χ4n) is 3.92. The Morgan fingerprint density at radius 2 is 1.55 bits per heavy atom. The molecule has 0 atom stereocenters. The summed E-state index contributed by atoms with van der Waals surface area (Å²) in [6, 6.07) is 19.0. The summed E-state index contributed by atoms with van der Waals surface area (Å²) in [5.41, 5.74) is 5.53. The van der Waals surface area contributed by atoms with Gasteiger partial charge in [-0.25, -0.2) is 9.29 Å². The van der Waals surface area contributed by atoms with Crippen LogP contribution in [0, 0.1) is 19.7 Å². The molecule has 1 heterocycles. The van der Waals surface area contributed by atoms with Crippen molar-refractivity contribution in [2.45, 2.75) is 40.0 Å². The summed E-state index contributed by atoms with van der Waals surface area (Å²) in [5, 5.41) is 3.07. The van der Waals surface area contributed by atoms with Crippen LogP contribution in [0.15, 0.2) is 72.4 Å². The van der Waals surface area contributed by atoms with Crippen molar-refractivity contribution >= 4 is 28.8 Å². The van der Waals surface area contributed by atoms with E-state index in [9.17, 15) is 14.0 Å². The molecule has 3 aromatic carbocycles. The number of rotatable bonds is 7. The first-order valence-electron chi connectivity index (χ1n) is 11.2. The molecule has 33 heavy (non-hydrogen) atoms. The van der Waals surface area contributed by atoms with E-state index in [0.29, 0.717) is 22.5 Å². The van der Waals surface area contributed by atoms with E-state index in [1.54, 1.807) is 12.1 Å². The number of nitrogens with one attached hydrogen (secondary N) is 1. The van der Waals surface area contributed by atoms with Crippen LogP contribution in [0.2, 0.25) is 0 Å². The second-order valence-corrected chi connectivity index (χ2v) is 8.40. The van der Waals surface area contributed by atoms with Gasteiger partial charge in [-0.15, -0.1) is 0 Å². The van der Waals surface area contributed by atoms with Gasteiger partial charge in [0.15, 0.2) is 0 Å². The molecule has 5 heteroatoms. The Labute approximate surface area is 193 Å². The number of imide groups is 1. The Morgan fingerprint density at radius 1 is 0.848 bits per heavy atom. The number of unbranched alkanes of at least 4 members (excludes halogenated alkanes) is 1. The van der Waals surface area contributed by atoms with Gasteiger partial charge in [0.25, 0.3) is 11.8 Å². The lowest BCUT2D eigenvalue weighted by Gasteiger charge is -2.16. The Balaban J connectivity index is 1.75. The van der Waals surface area contributed by atoms with Crippen LogP contribution in [0.25, 0.3) is 5.57 Å². The van der Waals surface area contributed by atoms with Crippen LogP contribution in [0.1, 0.15) is 42.0 Å². The highest BCUT2D eigenvalue weighted by atomic mass is 19.1. The molecule has 1 aliphatic rings. The number of anilines is 2. The Morgan fingerprint density at radius 3 is 2.18 bits per heavy atom. The van der Waals surface area contributed by atoms with Gasteiger partial charge in [-0.1, -0.05) is 43.7 Å². The third-order valence-corrected chi connectivity index (χ3v) is 6.01. The van der Waals surface area contributed by atoms with Crippen molar-refractivity contribution in [1.82, 2.24) is 0 Å². The number of nitrogens with zero attached hydrogens (tertiary/aromatic N) is 1. The lowest BCUT2D eigenvalue weighted by Crippen LogP contribution is -2.32. The molecule has 0 bridgehead atoms. The third-order valence-electron chi connectivity index (χ3n) is 6.01. The van der Waals surface area contributed by atoms with Crippen LogP contribution in [0.5, 0.6) is 0 Å². The second kappa shape index (κ2) is 9.41. The molecular weight excluding hydrogens is 415 g/mol. The van der Waals surface area contributed by atoms with Gasteiger partial charge in [-0.2, -0.15) is 0 Å². The molecule has 0 aromatic heterocycles. The van der Waals surface area contributed by atoms with Crippen molar-refractivity contribution in [3.63, 3.8) is 0 Å². The number of carbonyl (C=O) groups excluding carboxylic acids is 2. The Kier molecular flexibility index (Phi) is 6.40. The van der Waals surface area contributed by atoms with E-state index in [0.717, 1.165) is 30.4 Å². The predicted molar refractivity (Wildman–Crippen MR) is 130 cm³/mol. The maximum absolute atomic E-state index is 13.6. The highest BCUT2D eigenvalue weighted by molar-refractivity contribution is 6.46. The van der Waals surface area contributed by atoms with E-state index >= 15 is 0 Å². The second-order valence-electron chi connectivity index (χ2n) is 8.40. The van der Waals surface area contributed by atoms with E-state index < -0.39 is 5.91 Å². The van der Waals surface area contributed by atoms with Crippen LogP contribution in [-0.2, 0) is 16.0 Å². The van der Waals surface area contributed by atoms with Gasteiger partial charge in [0, 0.05) is 5.69 Å². The lowest BCUT2D eigenvalue weighted by molar-refractivity contribution is -0.120. The van der Waals surface area contributed by atoms with Crippen LogP contribution < -0.4 is 10.2 Å². The van der Waals surface area contributed by atoms with E-state index in [1.165, 1.54) is 22.6 Å². The van der Waals surface area contributed by atoms with Gasteiger partial charge in [0.1, 0.15) is 11.5 Å². The van der Waals surface area contributed by atoms with Gasteiger partial charge in [0.2, 0.25) is 0 Å². The number of halogens is 1. The monoisotopic (exact) mass is 442 g/mol. The Hall–Kier alpha value is -3.73. The van der Waals surface area contributed by atoms with Crippen LogP contribution in [0.3, 0.4) is 0 Å². The van der Waals surface area contributed by atoms with Crippen molar-refractivity contribution in [3.05, 3.63) is 100 Å². The molecule has 0 saturated heterocycles. The zero-order valence-electron chi connectivity index (χ0n) is 19.1. The minimum Gasteiger partial charge on any atom is -0.350 e. The SMILES string of the molecule is CCCCc1ccc(N2C(=O)C(Nc3ccc(F)cc3)=C(c3ccc(C)c(C)c3)C2=O)cc1. The normalized spacial score (nSPS) is 13.8. The summed E-state index contributed by atoms with van der Waals surface area (Å²) >= 11 is 0. The summed E-state index contributed by atoms with van der Waals surface area (Å²) in [6.07, 6.45) is 3.15. The zero-order valence-corrected chi connectivity index (χ0v) is 19.1. The fourth-order valence-corrected chi connectivity index (χ4v) is 3.92. The van der Waals surface area contributed by atoms with Crippen molar-refractivity contribution in [2.24, 2.45) is 0 Å². The van der Waals surface area contributed by atoms with Gasteiger partial charge in [-0.3, -0.25) is 9.59 Å². The first-order chi connectivity index (χ1) is 15.9. The summed E-state index contributed by atoms with van der Waals surface area (Å²) in [4.78, 5) is 28.3. The van der Waals surface area contributed by atoms with Crippen LogP contribution >= 0.6 is 0 Å². The highest BCUT2D eigenvalue weighted by Crippen LogP contribution is 2.34. The number of hydrogen-bond acceptors (Lipinski definition) is 3. The third kappa shape index (κ3) is 4.58. The summed E-state index contributed by atoms with van der Waals surface area (Å²) in [6.45, 7) is 6.12. The lowest BCUT2D eigenvalue weighted by atomic mass is 9.99. The minimum atomic E-state index is -0.432. The number of aryl methyl sites for hydroxylation is 3. The summed E-state index contributed by atoms with van der Waals surface area (Å²) in [7, 11) is 0. The molecule has 4 rings (SSSR count). The molecule has 0 aliphatic carbocycles. The molecule has 2 amide bonds. The van der Waals surface area contributed by atoms with Crippen molar-refractivity contribution in [2.75, 3.05) is 10.2 Å². The van der Waals surface area contributed by atoms with Crippen molar-refractivity contribution in [3.8, 4) is 0 Å². The molecule has 0 saturated carbocycles. The van der Waals surface area contributed by atoms with Crippen molar-refractivity contribution in [1.29, 1.82) is 0 Å². The number of amides is 2. The molecule has 0 spiro atoms. The fraction of sp³-hybridized carbons (Fsp3) is 0.214. The first kappa shape index (κ1) is 22.5. The quantitative estimate of drug-likeness (QED) is 0.445.